The number of thiophene rings is 1. The van der Waals surface area contributed by atoms with Crippen LogP contribution in [0.25, 0.3) is 11.3 Å². The summed E-state index contributed by atoms with van der Waals surface area (Å²) in [7, 11) is 0. The van der Waals surface area contributed by atoms with Crippen LogP contribution in [0.4, 0.5) is 13.2 Å². The molecule has 1 N–H and O–H groups in total. The summed E-state index contributed by atoms with van der Waals surface area (Å²) in [5, 5.41) is 12.8. The zero-order valence-corrected chi connectivity index (χ0v) is 10.9. The summed E-state index contributed by atoms with van der Waals surface area (Å²) in [6.45, 7) is 0.398. The Labute approximate surface area is 115 Å². The first-order chi connectivity index (χ1) is 9.38. The van der Waals surface area contributed by atoms with E-state index >= 15 is 0 Å². The molecule has 0 atom stereocenters. The fourth-order valence-corrected chi connectivity index (χ4v) is 3.40. The Kier molecular flexibility index (Phi) is 2.86. The minimum absolute atomic E-state index is 0.0197. The lowest BCUT2D eigenvalue weighted by atomic mass is 10.1. The van der Waals surface area contributed by atoms with Gasteiger partial charge in [0, 0.05) is 17.0 Å². The van der Waals surface area contributed by atoms with Gasteiger partial charge in [-0.05, 0) is 18.9 Å². The molecule has 20 heavy (non-hydrogen) atoms. The summed E-state index contributed by atoms with van der Waals surface area (Å²) in [5.41, 5.74) is -0.487. The number of rotatable bonds is 1. The standard InChI is InChI=1S/C12H9F3N2O2S/c13-12(14,15)7-5-16-17-3-1-2-8-6(10(7)17)4-9(20-8)11(18)19/h4-5H,1-3H2,(H,18,19). The quantitative estimate of drug-likeness (QED) is 0.879. The second kappa shape index (κ2) is 4.34. The monoisotopic (exact) mass is 302 g/mol. The second-order valence-electron chi connectivity index (χ2n) is 4.48. The van der Waals surface area contributed by atoms with Gasteiger partial charge < -0.3 is 5.11 Å². The van der Waals surface area contributed by atoms with Gasteiger partial charge in [0.05, 0.1) is 11.9 Å². The van der Waals surface area contributed by atoms with Crippen LogP contribution in [0.15, 0.2) is 12.3 Å². The summed E-state index contributed by atoms with van der Waals surface area (Å²) in [6, 6.07) is 1.32. The molecule has 0 saturated heterocycles. The Balaban J connectivity index is 2.24. The number of hydrogen-bond donors (Lipinski definition) is 1. The van der Waals surface area contributed by atoms with Crippen LogP contribution in [0, 0.1) is 0 Å². The van der Waals surface area contributed by atoms with Crippen LogP contribution in [-0.4, -0.2) is 20.9 Å². The fourth-order valence-electron chi connectivity index (χ4n) is 2.36. The minimum atomic E-state index is -4.50. The number of carbonyl (C=O) groups is 1. The van der Waals surface area contributed by atoms with Crippen molar-refractivity contribution < 1.29 is 23.1 Å². The predicted octanol–water partition coefficient (Wildman–Crippen LogP) is 3.27. The van der Waals surface area contributed by atoms with Crippen molar-refractivity contribution in [3.05, 3.63) is 27.6 Å². The Bertz CT molecular complexity index is 687. The third-order valence-electron chi connectivity index (χ3n) is 3.19. The fraction of sp³-hybridized carbons (Fsp3) is 0.333. The lowest BCUT2D eigenvalue weighted by molar-refractivity contribution is -0.137. The summed E-state index contributed by atoms with van der Waals surface area (Å²) < 4.78 is 40.4. The molecule has 106 valence electrons. The molecule has 0 fully saturated rings. The number of fused-ring (bicyclic) bond motifs is 3. The van der Waals surface area contributed by atoms with E-state index in [2.05, 4.69) is 5.10 Å². The molecule has 4 nitrogen and oxygen atoms in total. The second-order valence-corrected chi connectivity index (χ2v) is 5.62. The van der Waals surface area contributed by atoms with Gasteiger partial charge in [0.2, 0.25) is 0 Å². The number of carboxylic acid groups (broad SMARTS) is 1. The van der Waals surface area contributed by atoms with Crippen LogP contribution >= 0.6 is 11.3 Å². The van der Waals surface area contributed by atoms with Crippen LogP contribution in [0.2, 0.25) is 0 Å². The predicted molar refractivity (Wildman–Crippen MR) is 65.8 cm³/mol. The normalized spacial score (nSPS) is 14.6. The molecule has 3 rings (SSSR count). The van der Waals surface area contributed by atoms with Crippen LogP contribution in [0.3, 0.4) is 0 Å². The van der Waals surface area contributed by atoms with E-state index in [1.165, 1.54) is 10.7 Å². The number of nitrogens with zero attached hydrogens (tertiary/aromatic N) is 2. The largest absolute Gasteiger partial charge is 0.477 e. The van der Waals surface area contributed by atoms with E-state index in [0.717, 1.165) is 17.5 Å². The van der Waals surface area contributed by atoms with Crippen molar-refractivity contribution >= 4 is 17.3 Å². The number of aryl methyl sites for hydroxylation is 2. The number of halogens is 3. The van der Waals surface area contributed by atoms with Gasteiger partial charge in [0.25, 0.3) is 0 Å². The van der Waals surface area contributed by atoms with Gasteiger partial charge in [-0.1, -0.05) is 0 Å². The van der Waals surface area contributed by atoms with E-state index < -0.39 is 17.7 Å². The molecule has 0 aliphatic carbocycles. The topological polar surface area (TPSA) is 55.1 Å². The van der Waals surface area contributed by atoms with E-state index in [0.29, 0.717) is 29.8 Å². The van der Waals surface area contributed by atoms with E-state index in [-0.39, 0.29) is 10.6 Å². The van der Waals surface area contributed by atoms with E-state index in [1.54, 1.807) is 0 Å². The maximum atomic E-state index is 13.0. The molecule has 2 aromatic heterocycles. The first-order valence-corrected chi connectivity index (χ1v) is 6.69. The molecule has 0 saturated carbocycles. The first-order valence-electron chi connectivity index (χ1n) is 5.87. The van der Waals surface area contributed by atoms with Gasteiger partial charge in [-0.25, -0.2) is 4.79 Å². The van der Waals surface area contributed by atoms with Gasteiger partial charge >= 0.3 is 12.1 Å². The Hall–Kier alpha value is -1.83. The van der Waals surface area contributed by atoms with Crippen molar-refractivity contribution in [3.8, 4) is 11.3 Å². The maximum absolute atomic E-state index is 13.0. The van der Waals surface area contributed by atoms with Crippen molar-refractivity contribution in [2.45, 2.75) is 25.6 Å². The Morgan fingerprint density at radius 1 is 1.45 bits per heavy atom. The smallest absolute Gasteiger partial charge is 0.420 e. The highest BCUT2D eigenvalue weighted by Gasteiger charge is 2.38. The molecule has 0 spiro atoms. The average molecular weight is 302 g/mol. The molecule has 0 radical (unpaired) electrons. The summed E-state index contributed by atoms with van der Waals surface area (Å²) in [5.74, 6) is -1.12. The van der Waals surface area contributed by atoms with Crippen LogP contribution in [0.5, 0.6) is 0 Å². The molecule has 0 aromatic carbocycles. The van der Waals surface area contributed by atoms with E-state index in [4.69, 9.17) is 5.11 Å². The summed E-state index contributed by atoms with van der Waals surface area (Å²) in [6.07, 6.45) is -2.49. The first kappa shape index (κ1) is 13.2. The van der Waals surface area contributed by atoms with Crippen molar-refractivity contribution in [2.24, 2.45) is 0 Å². The van der Waals surface area contributed by atoms with Gasteiger partial charge in [-0.2, -0.15) is 18.3 Å². The zero-order valence-electron chi connectivity index (χ0n) is 10.1. The molecule has 0 bridgehead atoms. The number of aromatic nitrogens is 2. The van der Waals surface area contributed by atoms with E-state index in [1.807, 2.05) is 0 Å². The molecule has 0 amide bonds. The lowest BCUT2D eigenvalue weighted by Crippen LogP contribution is -2.07. The Morgan fingerprint density at radius 2 is 2.20 bits per heavy atom. The number of hydrogen-bond acceptors (Lipinski definition) is 3. The number of carboxylic acids is 1. The summed E-state index contributed by atoms with van der Waals surface area (Å²) >= 11 is 1.04. The highest BCUT2D eigenvalue weighted by atomic mass is 32.1. The summed E-state index contributed by atoms with van der Waals surface area (Å²) in [4.78, 5) is 11.7. The SMILES string of the molecule is O=C(O)c1cc2c(s1)CCCn1ncc(C(F)(F)F)c1-2. The molecule has 1 aliphatic heterocycles. The molecule has 1 aliphatic rings. The van der Waals surface area contributed by atoms with Crippen LogP contribution in [0.1, 0.15) is 26.5 Å². The molecule has 0 unspecified atom stereocenters. The van der Waals surface area contributed by atoms with Crippen molar-refractivity contribution in [1.82, 2.24) is 9.78 Å². The number of aromatic carboxylic acids is 1. The average Bonchev–Trinajstić information content (AvgIpc) is 2.89. The van der Waals surface area contributed by atoms with Gasteiger partial charge in [-0.15, -0.1) is 11.3 Å². The minimum Gasteiger partial charge on any atom is -0.477 e. The molecular formula is C12H9F3N2O2S. The van der Waals surface area contributed by atoms with Gasteiger partial charge in [0.1, 0.15) is 10.4 Å². The lowest BCUT2D eigenvalue weighted by Gasteiger charge is -2.08. The highest BCUT2D eigenvalue weighted by molar-refractivity contribution is 7.14. The number of alkyl halides is 3. The molecule has 8 heteroatoms. The van der Waals surface area contributed by atoms with Crippen molar-refractivity contribution in [3.63, 3.8) is 0 Å². The van der Waals surface area contributed by atoms with Gasteiger partial charge in [0.15, 0.2) is 0 Å². The van der Waals surface area contributed by atoms with Gasteiger partial charge in [-0.3, -0.25) is 4.68 Å². The van der Waals surface area contributed by atoms with Crippen molar-refractivity contribution in [2.75, 3.05) is 0 Å². The van der Waals surface area contributed by atoms with Crippen LogP contribution < -0.4 is 0 Å². The highest BCUT2D eigenvalue weighted by Crippen LogP contribution is 2.42. The van der Waals surface area contributed by atoms with E-state index in [9.17, 15) is 18.0 Å². The third-order valence-corrected chi connectivity index (χ3v) is 4.38. The molecule has 2 aromatic rings. The Morgan fingerprint density at radius 3 is 2.85 bits per heavy atom. The van der Waals surface area contributed by atoms with Crippen molar-refractivity contribution in [1.29, 1.82) is 0 Å². The third kappa shape index (κ3) is 2.00. The zero-order chi connectivity index (χ0) is 14.5. The molecular weight excluding hydrogens is 293 g/mol. The van der Waals surface area contributed by atoms with Crippen LogP contribution in [-0.2, 0) is 19.1 Å². The molecule has 3 heterocycles. The maximum Gasteiger partial charge on any atom is 0.420 e.